The van der Waals surface area contributed by atoms with Crippen molar-refractivity contribution < 1.29 is 0 Å². The minimum Gasteiger partial charge on any atom is -0.277 e. The van der Waals surface area contributed by atoms with Crippen molar-refractivity contribution >= 4 is 95.7 Å². The number of nitrogens with zero attached hydrogens (tertiary/aromatic N) is 3. The molecule has 5 heteroatoms. The summed E-state index contributed by atoms with van der Waals surface area (Å²) in [4.78, 5) is 10.9. The first kappa shape index (κ1) is 27.1. The molecule has 4 heterocycles. The molecule has 7 aromatic carbocycles. The van der Waals surface area contributed by atoms with Gasteiger partial charge in [0.05, 0.1) is 26.9 Å². The van der Waals surface area contributed by atoms with Crippen molar-refractivity contribution in [3.05, 3.63) is 152 Å². The van der Waals surface area contributed by atoms with Crippen LogP contribution >= 0.6 is 22.7 Å². The fourth-order valence-corrected chi connectivity index (χ4v) is 9.94. The molecule has 11 aromatic rings. The van der Waals surface area contributed by atoms with Crippen LogP contribution in [0.4, 0.5) is 0 Å². The summed E-state index contributed by atoms with van der Waals surface area (Å²) in [7, 11) is 0. The van der Waals surface area contributed by atoms with Gasteiger partial charge in [0.1, 0.15) is 0 Å². The van der Waals surface area contributed by atoms with Crippen LogP contribution in [-0.4, -0.2) is 14.5 Å². The molecule has 11 rings (SSSR count). The first-order valence-corrected chi connectivity index (χ1v) is 18.1. The molecule has 3 nitrogen and oxygen atoms in total. The lowest BCUT2D eigenvalue weighted by atomic mass is 9.99. The summed E-state index contributed by atoms with van der Waals surface area (Å²) in [5.41, 5.74) is 7.60. The van der Waals surface area contributed by atoms with Crippen LogP contribution in [0.2, 0.25) is 0 Å². The van der Waals surface area contributed by atoms with E-state index in [0.29, 0.717) is 5.95 Å². The summed E-state index contributed by atoms with van der Waals surface area (Å²) < 4.78 is 7.24. The lowest BCUT2D eigenvalue weighted by molar-refractivity contribution is 1.02. The van der Waals surface area contributed by atoms with Crippen molar-refractivity contribution in [2.24, 2.45) is 0 Å². The van der Waals surface area contributed by atoms with E-state index in [1.165, 1.54) is 52.0 Å². The van der Waals surface area contributed by atoms with Crippen molar-refractivity contribution in [1.82, 2.24) is 14.5 Å². The van der Waals surface area contributed by atoms with Crippen molar-refractivity contribution in [1.29, 1.82) is 0 Å². The summed E-state index contributed by atoms with van der Waals surface area (Å²) in [5, 5.41) is 8.63. The standard InChI is InChI=1S/C44H25N3S2/c1-2-12-27(13-3-1)40-43-41(33-16-7-9-20-37(33)49-43)46-44(45-40)47-35-24-22-26-11-4-5-14-29(26)39(35)34-18-10-17-30(42(34)47)28-21-23-32-31-15-6-8-19-36(31)48-38(32)25-28/h1-25H. The molecule has 0 aliphatic carbocycles. The number of fused-ring (bicyclic) bond motifs is 11. The van der Waals surface area contributed by atoms with E-state index in [4.69, 9.17) is 9.97 Å². The van der Waals surface area contributed by atoms with Gasteiger partial charge in [-0.3, -0.25) is 4.57 Å². The molecule has 0 spiro atoms. The Morgan fingerprint density at radius 2 is 1.18 bits per heavy atom. The van der Waals surface area contributed by atoms with Gasteiger partial charge in [-0.05, 0) is 40.6 Å². The average Bonchev–Trinajstić information content (AvgIpc) is 3.84. The molecule has 0 saturated carbocycles. The highest BCUT2D eigenvalue weighted by atomic mass is 32.1. The van der Waals surface area contributed by atoms with Gasteiger partial charge in [-0.25, -0.2) is 9.97 Å². The fourth-order valence-electron chi connectivity index (χ4n) is 7.64. The highest BCUT2D eigenvalue weighted by Crippen LogP contribution is 2.44. The number of aromatic nitrogens is 3. The minimum absolute atomic E-state index is 0.681. The van der Waals surface area contributed by atoms with Crippen molar-refractivity contribution in [2.45, 2.75) is 0 Å². The monoisotopic (exact) mass is 659 g/mol. The van der Waals surface area contributed by atoms with Gasteiger partial charge in [-0.2, -0.15) is 0 Å². The molecular weight excluding hydrogens is 635 g/mol. The lowest BCUT2D eigenvalue weighted by Gasteiger charge is -2.12. The Bertz CT molecular complexity index is 3110. The number of para-hydroxylation sites is 1. The smallest absolute Gasteiger partial charge is 0.235 e. The van der Waals surface area contributed by atoms with E-state index in [0.717, 1.165) is 43.5 Å². The second-order valence-corrected chi connectivity index (χ2v) is 14.7. The molecule has 0 radical (unpaired) electrons. The zero-order valence-electron chi connectivity index (χ0n) is 26.1. The predicted octanol–water partition coefficient (Wildman–Crippen LogP) is 12.8. The van der Waals surface area contributed by atoms with Crippen LogP contribution in [-0.2, 0) is 0 Å². The minimum atomic E-state index is 0.681. The van der Waals surface area contributed by atoms with Gasteiger partial charge >= 0.3 is 0 Å². The van der Waals surface area contributed by atoms with E-state index in [9.17, 15) is 0 Å². The van der Waals surface area contributed by atoms with Crippen LogP contribution in [0.3, 0.4) is 0 Å². The SMILES string of the molecule is c1ccc(-c2nc(-n3c4ccc5ccccc5c4c4cccc(-c5ccc6c(c5)sc5ccccc56)c43)nc3c2sc2ccccc23)cc1. The Kier molecular flexibility index (Phi) is 5.70. The van der Waals surface area contributed by atoms with Crippen LogP contribution in [0.25, 0.3) is 101 Å². The van der Waals surface area contributed by atoms with E-state index < -0.39 is 0 Å². The Hall–Kier alpha value is -5.88. The van der Waals surface area contributed by atoms with Gasteiger partial charge in [0, 0.05) is 52.2 Å². The summed E-state index contributed by atoms with van der Waals surface area (Å²) in [6.45, 7) is 0. The molecule has 0 bridgehead atoms. The van der Waals surface area contributed by atoms with E-state index in [1.807, 2.05) is 11.3 Å². The zero-order chi connectivity index (χ0) is 32.1. The largest absolute Gasteiger partial charge is 0.277 e. The molecule has 0 unspecified atom stereocenters. The van der Waals surface area contributed by atoms with Gasteiger partial charge in [0.25, 0.3) is 0 Å². The number of benzene rings is 7. The summed E-state index contributed by atoms with van der Waals surface area (Å²) in [6, 6.07) is 54.6. The molecule has 228 valence electrons. The van der Waals surface area contributed by atoms with E-state index >= 15 is 0 Å². The number of hydrogen-bond donors (Lipinski definition) is 0. The maximum Gasteiger partial charge on any atom is 0.235 e. The molecule has 0 N–H and O–H groups in total. The van der Waals surface area contributed by atoms with Crippen LogP contribution < -0.4 is 0 Å². The molecular formula is C44H25N3S2. The number of rotatable bonds is 3. The molecule has 49 heavy (non-hydrogen) atoms. The lowest BCUT2D eigenvalue weighted by Crippen LogP contribution is -2.03. The quantitative estimate of drug-likeness (QED) is 0.189. The predicted molar refractivity (Wildman–Crippen MR) is 211 cm³/mol. The van der Waals surface area contributed by atoms with Crippen molar-refractivity contribution in [3.8, 4) is 28.3 Å². The molecule has 0 saturated heterocycles. The number of thiophene rings is 2. The average molecular weight is 660 g/mol. The Morgan fingerprint density at radius 1 is 0.469 bits per heavy atom. The first-order chi connectivity index (χ1) is 24.3. The van der Waals surface area contributed by atoms with Crippen LogP contribution in [0.15, 0.2) is 152 Å². The Morgan fingerprint density at radius 3 is 2.06 bits per heavy atom. The number of hydrogen-bond acceptors (Lipinski definition) is 4. The molecule has 0 atom stereocenters. The fraction of sp³-hybridized carbons (Fsp3) is 0. The van der Waals surface area contributed by atoms with Crippen molar-refractivity contribution in [3.63, 3.8) is 0 Å². The summed E-state index contributed by atoms with van der Waals surface area (Å²) in [6.07, 6.45) is 0. The topological polar surface area (TPSA) is 30.7 Å². The van der Waals surface area contributed by atoms with Crippen molar-refractivity contribution in [2.75, 3.05) is 0 Å². The van der Waals surface area contributed by atoms with Crippen LogP contribution in [0.1, 0.15) is 0 Å². The molecule has 4 aromatic heterocycles. The molecule has 0 aliphatic heterocycles. The van der Waals surface area contributed by atoms with E-state index in [-0.39, 0.29) is 0 Å². The van der Waals surface area contributed by atoms with Gasteiger partial charge in [0.2, 0.25) is 5.95 Å². The summed E-state index contributed by atoms with van der Waals surface area (Å²) in [5.74, 6) is 0.681. The third-order valence-corrected chi connectivity index (χ3v) is 12.1. The normalized spacial score (nSPS) is 12.1. The highest BCUT2D eigenvalue weighted by molar-refractivity contribution is 7.26. The summed E-state index contributed by atoms with van der Waals surface area (Å²) >= 11 is 3.62. The zero-order valence-corrected chi connectivity index (χ0v) is 27.7. The van der Waals surface area contributed by atoms with Gasteiger partial charge < -0.3 is 0 Å². The third-order valence-electron chi connectivity index (χ3n) is 9.82. The Balaban J connectivity index is 1.29. The second-order valence-electron chi connectivity index (χ2n) is 12.5. The van der Waals surface area contributed by atoms with Gasteiger partial charge in [-0.15, -0.1) is 22.7 Å². The van der Waals surface area contributed by atoms with Gasteiger partial charge in [-0.1, -0.05) is 127 Å². The maximum absolute atomic E-state index is 5.47. The second kappa shape index (κ2) is 10.3. The van der Waals surface area contributed by atoms with Crippen LogP contribution in [0, 0.1) is 0 Å². The van der Waals surface area contributed by atoms with E-state index in [1.54, 1.807) is 11.3 Å². The Labute approximate surface area is 289 Å². The van der Waals surface area contributed by atoms with E-state index in [2.05, 4.69) is 156 Å². The maximum atomic E-state index is 5.47. The molecule has 0 aliphatic rings. The van der Waals surface area contributed by atoms with Crippen LogP contribution in [0.5, 0.6) is 0 Å². The first-order valence-electron chi connectivity index (χ1n) is 16.4. The van der Waals surface area contributed by atoms with Gasteiger partial charge in [0.15, 0.2) is 0 Å². The highest BCUT2D eigenvalue weighted by Gasteiger charge is 2.23. The molecule has 0 amide bonds. The molecule has 0 fully saturated rings. The third kappa shape index (κ3) is 3.94.